The van der Waals surface area contributed by atoms with Crippen LogP contribution in [0.2, 0.25) is 0 Å². The third-order valence-electron chi connectivity index (χ3n) is 3.47. The number of carbonyl (C=O) groups excluding carboxylic acids is 1. The number of anilines is 1. The largest absolute Gasteiger partial charge is 0.389 e. The van der Waals surface area contributed by atoms with Crippen molar-refractivity contribution in [1.82, 2.24) is 4.90 Å². The number of ether oxygens (including phenoxy) is 1. The van der Waals surface area contributed by atoms with Crippen LogP contribution in [0.3, 0.4) is 0 Å². The first-order valence-electron chi connectivity index (χ1n) is 6.86. The molecule has 5 nitrogen and oxygen atoms in total. The fraction of sp³-hybridized carbons (Fsp3) is 0.533. The van der Waals surface area contributed by atoms with E-state index in [4.69, 9.17) is 4.74 Å². The van der Waals surface area contributed by atoms with E-state index in [1.807, 2.05) is 36.1 Å². The molecule has 1 atom stereocenters. The Labute approximate surface area is 119 Å². The van der Waals surface area contributed by atoms with Crippen molar-refractivity contribution in [3.63, 3.8) is 0 Å². The second-order valence-electron chi connectivity index (χ2n) is 5.23. The second-order valence-corrected chi connectivity index (χ2v) is 5.23. The SMILES string of the molecule is COC[C@H](O)CN1CCN(c2ccc(C)cc2)C(=O)C1. The fourth-order valence-electron chi connectivity index (χ4n) is 2.42. The van der Waals surface area contributed by atoms with Crippen molar-refractivity contribution >= 4 is 11.6 Å². The first-order valence-corrected chi connectivity index (χ1v) is 6.86. The number of aryl methyl sites for hydroxylation is 1. The number of hydrogen-bond acceptors (Lipinski definition) is 4. The van der Waals surface area contributed by atoms with E-state index in [9.17, 15) is 9.90 Å². The Kier molecular flexibility index (Phi) is 5.11. The van der Waals surface area contributed by atoms with Gasteiger partial charge in [0, 0.05) is 32.4 Å². The molecule has 1 amide bonds. The molecule has 0 unspecified atom stereocenters. The minimum atomic E-state index is -0.543. The maximum atomic E-state index is 12.2. The van der Waals surface area contributed by atoms with E-state index in [-0.39, 0.29) is 5.91 Å². The van der Waals surface area contributed by atoms with Crippen LogP contribution in [0.1, 0.15) is 5.56 Å². The van der Waals surface area contributed by atoms with Gasteiger partial charge in [0.15, 0.2) is 0 Å². The van der Waals surface area contributed by atoms with Gasteiger partial charge in [0.1, 0.15) is 0 Å². The molecule has 0 aliphatic carbocycles. The summed E-state index contributed by atoms with van der Waals surface area (Å²) in [6, 6.07) is 7.97. The van der Waals surface area contributed by atoms with Crippen LogP contribution in [0.4, 0.5) is 5.69 Å². The summed E-state index contributed by atoms with van der Waals surface area (Å²) in [5.41, 5.74) is 2.13. The molecule has 0 aromatic heterocycles. The van der Waals surface area contributed by atoms with Crippen LogP contribution in [0.5, 0.6) is 0 Å². The summed E-state index contributed by atoms with van der Waals surface area (Å²) in [7, 11) is 1.56. The molecule has 0 spiro atoms. The first-order chi connectivity index (χ1) is 9.60. The van der Waals surface area contributed by atoms with Gasteiger partial charge in [-0.25, -0.2) is 0 Å². The number of amides is 1. The van der Waals surface area contributed by atoms with Crippen molar-refractivity contribution in [1.29, 1.82) is 0 Å². The number of methoxy groups -OCH3 is 1. The van der Waals surface area contributed by atoms with Gasteiger partial charge in [-0.1, -0.05) is 17.7 Å². The van der Waals surface area contributed by atoms with Gasteiger partial charge in [0.05, 0.1) is 19.3 Å². The van der Waals surface area contributed by atoms with Gasteiger partial charge in [-0.2, -0.15) is 0 Å². The molecule has 1 fully saturated rings. The van der Waals surface area contributed by atoms with Gasteiger partial charge in [0.25, 0.3) is 0 Å². The zero-order valence-electron chi connectivity index (χ0n) is 12.1. The highest BCUT2D eigenvalue weighted by Crippen LogP contribution is 2.18. The molecule has 1 N–H and O–H groups in total. The maximum absolute atomic E-state index is 12.2. The number of β-amino-alcohol motifs (C(OH)–C–C–N with tert-alkyl or cyclic N) is 1. The number of carbonyl (C=O) groups is 1. The van der Waals surface area contributed by atoms with Crippen LogP contribution in [0.25, 0.3) is 0 Å². The highest BCUT2D eigenvalue weighted by molar-refractivity contribution is 5.95. The Morgan fingerprint density at radius 3 is 2.60 bits per heavy atom. The zero-order valence-corrected chi connectivity index (χ0v) is 12.1. The standard InChI is InChI=1S/C15H22N2O3/c1-12-3-5-13(6-4-12)17-8-7-16(10-15(17)19)9-14(18)11-20-2/h3-6,14,18H,7-11H2,1-2H3/t14-/m1/s1. The van der Waals surface area contributed by atoms with Crippen molar-refractivity contribution in [3.8, 4) is 0 Å². The molecular formula is C15H22N2O3. The Morgan fingerprint density at radius 2 is 2.00 bits per heavy atom. The number of benzene rings is 1. The molecule has 1 aliphatic heterocycles. The third kappa shape index (κ3) is 3.79. The lowest BCUT2D eigenvalue weighted by molar-refractivity contribution is -0.121. The van der Waals surface area contributed by atoms with E-state index in [2.05, 4.69) is 0 Å². The summed E-state index contributed by atoms with van der Waals surface area (Å²) in [5, 5.41) is 9.71. The molecule has 1 aromatic rings. The number of rotatable bonds is 5. The monoisotopic (exact) mass is 278 g/mol. The zero-order chi connectivity index (χ0) is 14.5. The van der Waals surface area contributed by atoms with Gasteiger partial charge in [0.2, 0.25) is 5.91 Å². The molecule has 0 bridgehead atoms. The Bertz CT molecular complexity index is 447. The lowest BCUT2D eigenvalue weighted by atomic mass is 10.2. The molecule has 1 aliphatic rings. The van der Waals surface area contributed by atoms with E-state index >= 15 is 0 Å². The summed E-state index contributed by atoms with van der Waals surface area (Å²) >= 11 is 0. The molecular weight excluding hydrogens is 256 g/mol. The van der Waals surface area contributed by atoms with Gasteiger partial charge in [-0.05, 0) is 19.1 Å². The van der Waals surface area contributed by atoms with Gasteiger partial charge in [-0.15, -0.1) is 0 Å². The van der Waals surface area contributed by atoms with Crippen LogP contribution >= 0.6 is 0 Å². The van der Waals surface area contributed by atoms with Crippen molar-refractivity contribution in [2.45, 2.75) is 13.0 Å². The summed E-state index contributed by atoms with van der Waals surface area (Å²) in [6.45, 7) is 4.56. The van der Waals surface area contributed by atoms with Crippen LogP contribution < -0.4 is 4.90 Å². The molecule has 20 heavy (non-hydrogen) atoms. The molecule has 1 heterocycles. The van der Waals surface area contributed by atoms with Gasteiger partial charge >= 0.3 is 0 Å². The average molecular weight is 278 g/mol. The van der Waals surface area contributed by atoms with Crippen LogP contribution in [0.15, 0.2) is 24.3 Å². The van der Waals surface area contributed by atoms with Gasteiger partial charge < -0.3 is 14.7 Å². The van der Waals surface area contributed by atoms with E-state index in [0.717, 1.165) is 12.2 Å². The smallest absolute Gasteiger partial charge is 0.241 e. The van der Waals surface area contributed by atoms with Crippen LogP contribution in [-0.4, -0.2) is 61.9 Å². The van der Waals surface area contributed by atoms with Crippen LogP contribution in [-0.2, 0) is 9.53 Å². The van der Waals surface area contributed by atoms with Crippen molar-refractivity contribution in [2.75, 3.05) is 44.8 Å². The number of aliphatic hydroxyl groups is 1. The molecule has 110 valence electrons. The fourth-order valence-corrected chi connectivity index (χ4v) is 2.42. The number of nitrogens with zero attached hydrogens (tertiary/aromatic N) is 2. The Hall–Kier alpha value is -1.43. The number of hydrogen-bond donors (Lipinski definition) is 1. The van der Waals surface area contributed by atoms with E-state index in [0.29, 0.717) is 26.2 Å². The topological polar surface area (TPSA) is 53.0 Å². The molecule has 1 saturated heterocycles. The average Bonchev–Trinajstić information content (AvgIpc) is 2.40. The minimum absolute atomic E-state index is 0.0738. The predicted octanol–water partition coefficient (Wildman–Crippen LogP) is 0.651. The molecule has 2 rings (SSSR count). The Balaban J connectivity index is 1.92. The molecule has 0 radical (unpaired) electrons. The highest BCUT2D eigenvalue weighted by Gasteiger charge is 2.26. The van der Waals surface area contributed by atoms with E-state index < -0.39 is 6.10 Å². The second kappa shape index (κ2) is 6.83. The maximum Gasteiger partial charge on any atom is 0.241 e. The van der Waals surface area contributed by atoms with E-state index in [1.54, 1.807) is 12.0 Å². The summed E-state index contributed by atoms with van der Waals surface area (Å²) < 4.78 is 4.90. The van der Waals surface area contributed by atoms with Crippen molar-refractivity contribution in [3.05, 3.63) is 29.8 Å². The summed E-state index contributed by atoms with van der Waals surface area (Å²) in [5.74, 6) is 0.0738. The lowest BCUT2D eigenvalue weighted by Crippen LogP contribution is -2.52. The van der Waals surface area contributed by atoms with Crippen molar-refractivity contribution < 1.29 is 14.6 Å². The first kappa shape index (κ1) is 15.0. The molecule has 0 saturated carbocycles. The summed E-state index contributed by atoms with van der Waals surface area (Å²) in [4.78, 5) is 16.0. The molecule has 1 aromatic carbocycles. The third-order valence-corrected chi connectivity index (χ3v) is 3.47. The Morgan fingerprint density at radius 1 is 1.30 bits per heavy atom. The van der Waals surface area contributed by atoms with Crippen LogP contribution in [0, 0.1) is 6.92 Å². The lowest BCUT2D eigenvalue weighted by Gasteiger charge is -2.35. The van der Waals surface area contributed by atoms with Gasteiger partial charge in [-0.3, -0.25) is 9.69 Å². The quantitative estimate of drug-likeness (QED) is 0.859. The van der Waals surface area contributed by atoms with Crippen molar-refractivity contribution in [2.24, 2.45) is 0 Å². The highest BCUT2D eigenvalue weighted by atomic mass is 16.5. The van der Waals surface area contributed by atoms with E-state index in [1.165, 1.54) is 5.56 Å². The minimum Gasteiger partial charge on any atom is -0.389 e. The normalized spacial score (nSPS) is 18.4. The number of aliphatic hydroxyl groups excluding tert-OH is 1. The predicted molar refractivity (Wildman–Crippen MR) is 77.9 cm³/mol. The number of piperazine rings is 1. The molecule has 5 heteroatoms. The summed E-state index contributed by atoms with van der Waals surface area (Å²) in [6.07, 6.45) is -0.543.